The third kappa shape index (κ3) is 3.73. The van der Waals surface area contributed by atoms with E-state index in [4.69, 9.17) is 4.98 Å². The topological polar surface area (TPSA) is 56.5 Å². The third-order valence-corrected chi connectivity index (χ3v) is 8.77. The van der Waals surface area contributed by atoms with Crippen molar-refractivity contribution in [1.82, 2.24) is 24.7 Å². The van der Waals surface area contributed by atoms with Gasteiger partial charge in [0, 0.05) is 15.8 Å². The van der Waals surface area contributed by atoms with Gasteiger partial charge in [0.15, 0.2) is 5.82 Å². The highest BCUT2D eigenvalue weighted by atomic mass is 32.2. The van der Waals surface area contributed by atoms with Gasteiger partial charge in [-0.25, -0.2) is 9.97 Å². The van der Waals surface area contributed by atoms with E-state index in [0.29, 0.717) is 0 Å². The summed E-state index contributed by atoms with van der Waals surface area (Å²) in [6, 6.07) is 16.8. The number of thiophene rings is 1. The second-order valence-corrected chi connectivity index (χ2v) is 11.1. The molecule has 0 N–H and O–H groups in total. The van der Waals surface area contributed by atoms with E-state index in [1.54, 1.807) is 18.1 Å². The zero-order chi connectivity index (χ0) is 23.2. The highest BCUT2D eigenvalue weighted by molar-refractivity contribution is 7.99. The van der Waals surface area contributed by atoms with Crippen LogP contribution < -0.4 is 0 Å². The summed E-state index contributed by atoms with van der Waals surface area (Å²) in [5.74, 6) is 1.56. The van der Waals surface area contributed by atoms with E-state index in [1.165, 1.54) is 33.4 Å². The summed E-state index contributed by atoms with van der Waals surface area (Å²) < 4.78 is 2.15. The average molecular weight is 484 g/mol. The summed E-state index contributed by atoms with van der Waals surface area (Å²) in [6.07, 6.45) is 5.13. The predicted octanol–water partition coefficient (Wildman–Crippen LogP) is 6.83. The summed E-state index contributed by atoms with van der Waals surface area (Å²) in [4.78, 5) is 11.9. The number of benzene rings is 2. The lowest BCUT2D eigenvalue weighted by Crippen LogP contribution is -2.08. The number of hydrogen-bond acceptors (Lipinski definition) is 6. The van der Waals surface area contributed by atoms with Gasteiger partial charge >= 0.3 is 0 Å². The van der Waals surface area contributed by atoms with Crippen molar-refractivity contribution in [3.63, 3.8) is 0 Å². The maximum absolute atomic E-state index is 4.73. The van der Waals surface area contributed by atoms with Crippen molar-refractivity contribution >= 4 is 33.3 Å². The van der Waals surface area contributed by atoms with E-state index in [1.807, 2.05) is 29.5 Å². The Kier molecular flexibility index (Phi) is 5.46. The number of nitrogens with zero attached hydrogens (tertiary/aromatic N) is 5. The Balaban J connectivity index is 1.51. The Morgan fingerprint density at radius 3 is 2.68 bits per heavy atom. The van der Waals surface area contributed by atoms with Crippen LogP contribution in [0, 0.1) is 19.8 Å². The molecule has 0 spiro atoms. The first-order chi connectivity index (χ1) is 16.6. The van der Waals surface area contributed by atoms with Gasteiger partial charge in [-0.15, -0.1) is 21.5 Å². The largest absolute Gasteiger partial charge is 0.270 e. The van der Waals surface area contributed by atoms with Crippen LogP contribution in [0.3, 0.4) is 0 Å². The van der Waals surface area contributed by atoms with E-state index in [-0.39, 0.29) is 0 Å². The van der Waals surface area contributed by atoms with Gasteiger partial charge in [-0.1, -0.05) is 43.3 Å². The quantitative estimate of drug-likeness (QED) is 0.262. The second-order valence-electron chi connectivity index (χ2n) is 9.09. The Morgan fingerprint density at radius 1 is 1.00 bits per heavy atom. The fourth-order valence-corrected chi connectivity index (χ4v) is 6.99. The lowest BCUT2D eigenvalue weighted by atomic mass is 9.89. The third-order valence-electron chi connectivity index (χ3n) is 6.66. The van der Waals surface area contributed by atoms with Gasteiger partial charge in [-0.3, -0.25) is 4.57 Å². The number of fused-ring (bicyclic) bond motifs is 3. The van der Waals surface area contributed by atoms with Crippen molar-refractivity contribution in [2.45, 2.75) is 50.2 Å². The van der Waals surface area contributed by atoms with Crippen molar-refractivity contribution in [3.8, 4) is 17.1 Å². The summed E-state index contributed by atoms with van der Waals surface area (Å²) in [7, 11) is 0. The Bertz CT molecular complexity index is 1500. The molecule has 0 amide bonds. The zero-order valence-corrected chi connectivity index (χ0v) is 21.1. The molecule has 2 aromatic carbocycles. The van der Waals surface area contributed by atoms with Gasteiger partial charge in [-0.2, -0.15) is 0 Å². The first kappa shape index (κ1) is 21.5. The van der Waals surface area contributed by atoms with Gasteiger partial charge in [0.2, 0.25) is 5.16 Å². The molecule has 0 saturated heterocycles. The predicted molar refractivity (Wildman–Crippen MR) is 139 cm³/mol. The first-order valence-electron chi connectivity index (χ1n) is 11.6. The summed E-state index contributed by atoms with van der Waals surface area (Å²) in [6.45, 7) is 6.62. The molecule has 6 rings (SSSR count). The molecule has 1 aliphatic carbocycles. The molecule has 3 aromatic heterocycles. The first-order valence-corrected chi connectivity index (χ1v) is 13.2. The molecule has 5 nitrogen and oxygen atoms in total. The molecule has 7 heteroatoms. The average Bonchev–Trinajstić information content (AvgIpc) is 3.43. The minimum atomic E-state index is 0.728. The van der Waals surface area contributed by atoms with Crippen LogP contribution in [0.15, 0.2) is 65.0 Å². The van der Waals surface area contributed by atoms with Crippen LogP contribution >= 0.6 is 23.1 Å². The molecule has 0 fully saturated rings. The van der Waals surface area contributed by atoms with Crippen molar-refractivity contribution in [2.24, 2.45) is 5.92 Å². The van der Waals surface area contributed by atoms with Crippen LogP contribution in [0.4, 0.5) is 0 Å². The maximum Gasteiger partial charge on any atom is 0.202 e. The SMILES string of the molecule is Cc1ccc(-n2c(Sc3ncnc4sc5c(c34)CC[C@H](C)C5)nnc2-c2ccccc2)cc1C. The smallest absolute Gasteiger partial charge is 0.202 e. The molecular weight excluding hydrogens is 458 g/mol. The van der Waals surface area contributed by atoms with Crippen molar-refractivity contribution in [1.29, 1.82) is 0 Å². The molecule has 170 valence electrons. The molecule has 0 unspecified atom stereocenters. The van der Waals surface area contributed by atoms with Gasteiger partial charge in [0.1, 0.15) is 16.2 Å². The number of aryl methyl sites for hydroxylation is 3. The molecular formula is C27H25N5S2. The van der Waals surface area contributed by atoms with E-state index in [0.717, 1.165) is 50.8 Å². The normalized spacial score (nSPS) is 15.6. The molecule has 0 aliphatic heterocycles. The molecule has 1 aliphatic rings. The molecule has 1 atom stereocenters. The van der Waals surface area contributed by atoms with Crippen molar-refractivity contribution in [3.05, 3.63) is 76.4 Å². The zero-order valence-electron chi connectivity index (χ0n) is 19.4. The van der Waals surface area contributed by atoms with Crippen LogP contribution in [0.5, 0.6) is 0 Å². The lowest BCUT2D eigenvalue weighted by molar-refractivity contribution is 0.509. The molecule has 0 saturated carbocycles. The summed E-state index contributed by atoms with van der Waals surface area (Å²) >= 11 is 3.41. The van der Waals surface area contributed by atoms with E-state index in [2.05, 4.69) is 70.9 Å². The highest BCUT2D eigenvalue weighted by Gasteiger charge is 2.25. The Hall–Kier alpha value is -3.03. The Labute approximate surface area is 207 Å². The minimum absolute atomic E-state index is 0.728. The second kappa shape index (κ2) is 8.64. The van der Waals surface area contributed by atoms with Gasteiger partial charge in [0.05, 0.1) is 5.69 Å². The molecule has 5 aromatic rings. The fraction of sp³-hybridized carbons (Fsp3) is 0.259. The van der Waals surface area contributed by atoms with Crippen LogP contribution in [-0.2, 0) is 12.8 Å². The van der Waals surface area contributed by atoms with E-state index >= 15 is 0 Å². The van der Waals surface area contributed by atoms with Crippen molar-refractivity contribution in [2.75, 3.05) is 0 Å². The standard InChI is InChI=1S/C27H25N5S2/c1-16-9-12-21-22(13-16)33-25-23(21)26(29-15-28-25)34-27-31-30-24(19-7-5-4-6-8-19)32(27)20-11-10-17(2)18(3)14-20/h4-8,10-11,14-16H,9,12-13H2,1-3H3/t16-/m0/s1. The number of hydrogen-bond donors (Lipinski definition) is 0. The van der Waals surface area contributed by atoms with Crippen molar-refractivity contribution < 1.29 is 0 Å². The van der Waals surface area contributed by atoms with E-state index < -0.39 is 0 Å². The molecule has 0 bridgehead atoms. The van der Waals surface area contributed by atoms with Crippen LogP contribution in [0.2, 0.25) is 0 Å². The molecule has 0 radical (unpaired) electrons. The van der Waals surface area contributed by atoms with E-state index in [9.17, 15) is 0 Å². The number of rotatable bonds is 4. The monoisotopic (exact) mass is 483 g/mol. The van der Waals surface area contributed by atoms with Gasteiger partial charge in [0.25, 0.3) is 0 Å². The minimum Gasteiger partial charge on any atom is -0.270 e. The molecule has 3 heterocycles. The summed E-state index contributed by atoms with van der Waals surface area (Å²) in [5.41, 5.74) is 6.04. The number of aromatic nitrogens is 5. The Morgan fingerprint density at radius 2 is 1.85 bits per heavy atom. The maximum atomic E-state index is 4.73. The fourth-order valence-electron chi connectivity index (χ4n) is 4.62. The van der Waals surface area contributed by atoms with Gasteiger partial charge in [-0.05, 0) is 79.6 Å². The summed E-state index contributed by atoms with van der Waals surface area (Å²) in [5, 5.41) is 12.3. The van der Waals surface area contributed by atoms with Crippen LogP contribution in [0.1, 0.15) is 34.9 Å². The van der Waals surface area contributed by atoms with Crippen LogP contribution in [0.25, 0.3) is 27.3 Å². The van der Waals surface area contributed by atoms with Crippen LogP contribution in [-0.4, -0.2) is 24.7 Å². The molecule has 34 heavy (non-hydrogen) atoms. The van der Waals surface area contributed by atoms with Gasteiger partial charge < -0.3 is 0 Å². The lowest BCUT2D eigenvalue weighted by Gasteiger charge is -2.18. The highest BCUT2D eigenvalue weighted by Crippen LogP contribution is 2.42.